The summed E-state index contributed by atoms with van der Waals surface area (Å²) in [5.41, 5.74) is 7.06. The maximum absolute atomic E-state index is 3.09. The van der Waals surface area contributed by atoms with Gasteiger partial charge in [0.1, 0.15) is 0 Å². The molecule has 0 aliphatic carbocycles. The SMILES string of the molecule is CNN(C)Nc1cc[c]cc1. The van der Waals surface area contributed by atoms with Gasteiger partial charge in [0.05, 0.1) is 5.69 Å². The monoisotopic (exact) mass is 150 g/mol. The number of nitrogens with zero attached hydrogens (tertiary/aromatic N) is 1. The van der Waals surface area contributed by atoms with Crippen LogP contribution in [0.2, 0.25) is 0 Å². The van der Waals surface area contributed by atoms with Gasteiger partial charge in [-0.2, -0.15) is 5.12 Å². The summed E-state index contributed by atoms with van der Waals surface area (Å²) in [6.45, 7) is 0. The molecule has 0 aliphatic rings. The van der Waals surface area contributed by atoms with Crippen molar-refractivity contribution in [3.8, 4) is 0 Å². The maximum Gasteiger partial charge on any atom is 0.0503 e. The van der Waals surface area contributed by atoms with E-state index in [0.717, 1.165) is 5.69 Å². The van der Waals surface area contributed by atoms with Crippen molar-refractivity contribution in [3.05, 3.63) is 30.3 Å². The average molecular weight is 150 g/mol. The molecule has 2 N–H and O–H groups in total. The second-order valence-electron chi connectivity index (χ2n) is 2.18. The van der Waals surface area contributed by atoms with E-state index in [9.17, 15) is 0 Å². The van der Waals surface area contributed by atoms with Crippen molar-refractivity contribution in [1.29, 1.82) is 0 Å². The van der Waals surface area contributed by atoms with E-state index in [1.54, 1.807) is 5.12 Å². The summed E-state index contributed by atoms with van der Waals surface area (Å²) in [4.78, 5) is 0. The minimum absolute atomic E-state index is 1.04. The van der Waals surface area contributed by atoms with Crippen molar-refractivity contribution in [1.82, 2.24) is 10.5 Å². The van der Waals surface area contributed by atoms with Crippen molar-refractivity contribution < 1.29 is 0 Å². The molecule has 0 bridgehead atoms. The molecule has 0 heterocycles. The van der Waals surface area contributed by atoms with Crippen molar-refractivity contribution in [2.24, 2.45) is 0 Å². The highest BCUT2D eigenvalue weighted by atomic mass is 15.7. The van der Waals surface area contributed by atoms with Crippen LogP contribution in [0.1, 0.15) is 0 Å². The number of benzene rings is 1. The van der Waals surface area contributed by atoms with Crippen molar-refractivity contribution in [3.63, 3.8) is 0 Å². The Balaban J connectivity index is 2.51. The summed E-state index contributed by atoms with van der Waals surface area (Å²) in [7, 11) is 3.75. The Morgan fingerprint density at radius 3 is 2.55 bits per heavy atom. The van der Waals surface area contributed by atoms with Crippen molar-refractivity contribution in [2.45, 2.75) is 0 Å². The maximum atomic E-state index is 3.09. The summed E-state index contributed by atoms with van der Waals surface area (Å²) in [5, 5.41) is 1.77. The lowest BCUT2D eigenvalue weighted by molar-refractivity contribution is 0.317. The van der Waals surface area contributed by atoms with Gasteiger partial charge in [0.25, 0.3) is 0 Å². The van der Waals surface area contributed by atoms with E-state index in [1.807, 2.05) is 38.4 Å². The fraction of sp³-hybridized carbons (Fsp3) is 0.250. The lowest BCUT2D eigenvalue weighted by atomic mass is 10.3. The van der Waals surface area contributed by atoms with Crippen LogP contribution in [0.5, 0.6) is 0 Å². The molecule has 1 rings (SSSR count). The van der Waals surface area contributed by atoms with Crippen LogP contribution in [0, 0.1) is 6.07 Å². The molecule has 0 aliphatic heterocycles. The first-order valence-electron chi connectivity index (χ1n) is 3.47. The van der Waals surface area contributed by atoms with Crippen molar-refractivity contribution in [2.75, 3.05) is 19.5 Å². The van der Waals surface area contributed by atoms with Crippen LogP contribution in [0.25, 0.3) is 0 Å². The van der Waals surface area contributed by atoms with Crippen LogP contribution < -0.4 is 10.9 Å². The molecule has 1 aromatic carbocycles. The largest absolute Gasteiger partial charge is 0.306 e. The third kappa shape index (κ3) is 2.57. The summed E-state index contributed by atoms with van der Waals surface area (Å²) < 4.78 is 0. The molecule has 0 aromatic heterocycles. The smallest absolute Gasteiger partial charge is 0.0503 e. The molecular formula is C8H12N3. The molecule has 1 radical (unpaired) electrons. The molecule has 0 saturated carbocycles. The highest BCUT2D eigenvalue weighted by Crippen LogP contribution is 2.03. The van der Waals surface area contributed by atoms with Gasteiger partial charge in [-0.05, 0) is 18.2 Å². The second-order valence-corrected chi connectivity index (χ2v) is 2.18. The number of nitrogens with one attached hydrogen (secondary N) is 2. The molecule has 0 unspecified atom stereocenters. The summed E-state index contributed by atoms with van der Waals surface area (Å²) in [6, 6.07) is 10.6. The average Bonchev–Trinajstić information content (AvgIpc) is 2.06. The van der Waals surface area contributed by atoms with Gasteiger partial charge in [0.15, 0.2) is 0 Å². The Morgan fingerprint density at radius 1 is 1.36 bits per heavy atom. The van der Waals surface area contributed by atoms with E-state index in [1.165, 1.54) is 0 Å². The highest BCUT2D eigenvalue weighted by molar-refractivity contribution is 5.40. The number of anilines is 1. The van der Waals surface area contributed by atoms with E-state index >= 15 is 0 Å². The van der Waals surface area contributed by atoms with Gasteiger partial charge in [0.2, 0.25) is 0 Å². The number of hydrogen-bond acceptors (Lipinski definition) is 3. The Kier molecular flexibility index (Phi) is 2.89. The van der Waals surface area contributed by atoms with Crippen LogP contribution in [0.3, 0.4) is 0 Å². The van der Waals surface area contributed by atoms with Gasteiger partial charge in [0, 0.05) is 14.1 Å². The molecule has 0 fully saturated rings. The fourth-order valence-electron chi connectivity index (χ4n) is 0.711. The van der Waals surface area contributed by atoms with Crippen LogP contribution in [-0.4, -0.2) is 19.2 Å². The Labute approximate surface area is 67.0 Å². The molecule has 11 heavy (non-hydrogen) atoms. The first-order valence-corrected chi connectivity index (χ1v) is 3.47. The summed E-state index contributed by atoms with van der Waals surface area (Å²) in [6.07, 6.45) is 0. The third-order valence-electron chi connectivity index (χ3n) is 1.35. The number of hydrazine groups is 2. The Bertz CT molecular complexity index is 198. The molecule has 0 spiro atoms. The zero-order valence-electron chi connectivity index (χ0n) is 6.76. The summed E-state index contributed by atoms with van der Waals surface area (Å²) in [5.74, 6) is 0. The zero-order chi connectivity index (χ0) is 8.10. The Morgan fingerprint density at radius 2 is 2.00 bits per heavy atom. The van der Waals surface area contributed by atoms with Crippen LogP contribution in [0.4, 0.5) is 5.69 Å². The van der Waals surface area contributed by atoms with E-state index in [4.69, 9.17) is 0 Å². The van der Waals surface area contributed by atoms with Gasteiger partial charge in [-0.15, -0.1) is 0 Å². The molecule has 0 saturated heterocycles. The van der Waals surface area contributed by atoms with E-state index in [0.29, 0.717) is 0 Å². The van der Waals surface area contributed by atoms with Gasteiger partial charge in [-0.1, -0.05) is 12.1 Å². The van der Waals surface area contributed by atoms with Gasteiger partial charge in [-0.25, -0.2) is 5.43 Å². The minimum atomic E-state index is 1.04. The first kappa shape index (κ1) is 8.04. The van der Waals surface area contributed by atoms with Crippen LogP contribution in [-0.2, 0) is 0 Å². The van der Waals surface area contributed by atoms with Gasteiger partial charge in [-0.3, -0.25) is 0 Å². The summed E-state index contributed by atoms with van der Waals surface area (Å²) >= 11 is 0. The molecule has 1 aromatic rings. The molecule has 59 valence electrons. The van der Waals surface area contributed by atoms with Crippen LogP contribution >= 0.6 is 0 Å². The fourth-order valence-corrected chi connectivity index (χ4v) is 0.711. The lowest BCUT2D eigenvalue weighted by Crippen LogP contribution is -2.35. The van der Waals surface area contributed by atoms with Gasteiger partial charge < -0.3 is 5.43 Å². The number of rotatable bonds is 3. The molecule has 0 atom stereocenters. The van der Waals surface area contributed by atoms with E-state index < -0.39 is 0 Å². The van der Waals surface area contributed by atoms with Crippen molar-refractivity contribution >= 4 is 5.69 Å². The highest BCUT2D eigenvalue weighted by Gasteiger charge is 1.91. The van der Waals surface area contributed by atoms with E-state index in [2.05, 4.69) is 16.9 Å². The minimum Gasteiger partial charge on any atom is -0.306 e. The zero-order valence-corrected chi connectivity index (χ0v) is 6.76. The van der Waals surface area contributed by atoms with E-state index in [-0.39, 0.29) is 0 Å². The third-order valence-corrected chi connectivity index (χ3v) is 1.35. The normalized spacial score (nSPS) is 10.1. The molecule has 0 amide bonds. The Hall–Kier alpha value is -1.06. The van der Waals surface area contributed by atoms with Gasteiger partial charge >= 0.3 is 0 Å². The van der Waals surface area contributed by atoms with Crippen LogP contribution in [0.15, 0.2) is 24.3 Å². The molecule has 3 heteroatoms. The standard InChI is InChI=1S/C8H12N3/c1-9-11(2)10-8-6-4-3-5-7-8/h4-7,9-10H,1-2H3. The molecular weight excluding hydrogens is 138 g/mol. The molecule has 3 nitrogen and oxygen atoms in total. The lowest BCUT2D eigenvalue weighted by Gasteiger charge is -2.16. The predicted octanol–water partition coefficient (Wildman–Crippen LogP) is 0.880. The predicted molar refractivity (Wildman–Crippen MR) is 45.7 cm³/mol. The topological polar surface area (TPSA) is 27.3 Å². The quantitative estimate of drug-likeness (QED) is 0.626. The second kappa shape index (κ2) is 3.95. The number of hydrogen-bond donors (Lipinski definition) is 2. The first-order chi connectivity index (χ1) is 5.33.